The van der Waals surface area contributed by atoms with E-state index in [4.69, 9.17) is 4.99 Å². The number of aryl methyl sites for hydroxylation is 1. The van der Waals surface area contributed by atoms with Crippen LogP contribution < -0.4 is 4.72 Å². The molecule has 1 saturated heterocycles. The van der Waals surface area contributed by atoms with Crippen LogP contribution in [0.1, 0.15) is 56.0 Å². The number of piperidine rings is 1. The first-order chi connectivity index (χ1) is 19.3. The van der Waals surface area contributed by atoms with Crippen molar-refractivity contribution in [1.29, 1.82) is 0 Å². The summed E-state index contributed by atoms with van der Waals surface area (Å²) in [5.74, 6) is 0.889. The van der Waals surface area contributed by atoms with Crippen LogP contribution in [0.3, 0.4) is 0 Å². The molecule has 0 bridgehead atoms. The molecule has 0 radical (unpaired) electrons. The van der Waals surface area contributed by atoms with Crippen molar-refractivity contribution in [2.75, 3.05) is 24.4 Å². The van der Waals surface area contributed by atoms with Gasteiger partial charge in [0, 0.05) is 44.4 Å². The van der Waals surface area contributed by atoms with Crippen LogP contribution >= 0.6 is 0 Å². The predicted octanol–water partition coefficient (Wildman–Crippen LogP) is 5.65. The molecule has 2 aliphatic rings. The molecule has 3 aromatic carbocycles. The molecule has 40 heavy (non-hydrogen) atoms. The standard InChI is InChI=1S/C31H37N5O3S/c1-4-35-30(28-10-6-7-11-29(28)32-31(35)34-20-8-5-9-21-34)36(24(3)37)22-25-14-16-26(17-15-25)33-40(38,39)27-18-12-23(2)13-19-27/h6-7,10-19,30,33H,4-5,8-9,20-22H2,1-3H3. The van der Waals surface area contributed by atoms with E-state index in [0.29, 0.717) is 18.8 Å². The van der Waals surface area contributed by atoms with Gasteiger partial charge in [0.25, 0.3) is 10.0 Å². The molecule has 0 spiro atoms. The summed E-state index contributed by atoms with van der Waals surface area (Å²) in [5, 5.41) is 0. The summed E-state index contributed by atoms with van der Waals surface area (Å²) in [5.41, 5.74) is 4.27. The van der Waals surface area contributed by atoms with Gasteiger partial charge in [0.1, 0.15) is 6.17 Å². The van der Waals surface area contributed by atoms with Crippen molar-refractivity contribution in [3.63, 3.8) is 0 Å². The monoisotopic (exact) mass is 559 g/mol. The lowest BCUT2D eigenvalue weighted by molar-refractivity contribution is -0.135. The van der Waals surface area contributed by atoms with E-state index in [0.717, 1.165) is 54.3 Å². The molecule has 8 nitrogen and oxygen atoms in total. The van der Waals surface area contributed by atoms with Crippen molar-refractivity contribution in [3.8, 4) is 0 Å². The summed E-state index contributed by atoms with van der Waals surface area (Å²) in [6, 6.07) is 22.0. The zero-order chi connectivity index (χ0) is 28.3. The fraction of sp³-hybridized carbons (Fsp3) is 0.355. The number of carbonyl (C=O) groups is 1. The normalized spacial score (nSPS) is 17.2. The maximum atomic E-state index is 13.2. The molecule has 0 saturated carbocycles. The lowest BCUT2D eigenvalue weighted by Gasteiger charge is -2.46. The number of sulfonamides is 1. The first-order valence-electron chi connectivity index (χ1n) is 13.9. The molecule has 1 atom stereocenters. The van der Waals surface area contributed by atoms with Crippen LogP contribution in [-0.2, 0) is 21.4 Å². The highest BCUT2D eigenvalue weighted by atomic mass is 32.2. The van der Waals surface area contributed by atoms with Crippen LogP contribution in [0, 0.1) is 6.92 Å². The van der Waals surface area contributed by atoms with Crippen molar-refractivity contribution in [1.82, 2.24) is 14.7 Å². The first kappa shape index (κ1) is 27.7. The maximum absolute atomic E-state index is 13.2. The van der Waals surface area contributed by atoms with Crippen molar-refractivity contribution < 1.29 is 13.2 Å². The Labute approximate surface area is 237 Å². The Morgan fingerprint density at radius 2 is 1.65 bits per heavy atom. The lowest BCUT2D eigenvalue weighted by atomic mass is 10.0. The average molecular weight is 560 g/mol. The summed E-state index contributed by atoms with van der Waals surface area (Å²) in [6.07, 6.45) is 3.21. The summed E-state index contributed by atoms with van der Waals surface area (Å²) >= 11 is 0. The van der Waals surface area contributed by atoms with Gasteiger partial charge in [-0.2, -0.15) is 0 Å². The van der Waals surface area contributed by atoms with Gasteiger partial charge in [-0.3, -0.25) is 9.52 Å². The van der Waals surface area contributed by atoms with Crippen molar-refractivity contribution in [2.24, 2.45) is 4.99 Å². The van der Waals surface area contributed by atoms with Gasteiger partial charge in [0.05, 0.1) is 10.6 Å². The van der Waals surface area contributed by atoms with E-state index in [1.807, 2.05) is 42.2 Å². The second kappa shape index (κ2) is 11.7. The van der Waals surface area contributed by atoms with Crippen molar-refractivity contribution in [3.05, 3.63) is 89.5 Å². The van der Waals surface area contributed by atoms with Gasteiger partial charge < -0.3 is 14.7 Å². The number of nitrogens with one attached hydrogen (secondary N) is 1. The molecule has 3 aromatic rings. The molecule has 1 amide bonds. The van der Waals surface area contributed by atoms with Crippen molar-refractivity contribution in [2.45, 2.75) is 57.6 Å². The number of aliphatic imine (C=N–C) groups is 1. The first-order valence-corrected chi connectivity index (χ1v) is 15.4. The Bertz CT molecular complexity index is 1480. The topological polar surface area (TPSA) is 85.3 Å². The van der Waals surface area contributed by atoms with Gasteiger partial charge >= 0.3 is 0 Å². The fourth-order valence-electron chi connectivity index (χ4n) is 5.43. The molecule has 5 rings (SSSR count). The van der Waals surface area contributed by atoms with Gasteiger partial charge in [-0.15, -0.1) is 0 Å². The molecule has 1 fully saturated rings. The number of hydrogen-bond acceptors (Lipinski definition) is 6. The molecule has 210 valence electrons. The van der Waals surface area contributed by atoms with E-state index in [1.54, 1.807) is 43.3 Å². The smallest absolute Gasteiger partial charge is 0.261 e. The van der Waals surface area contributed by atoms with Crippen LogP contribution in [-0.4, -0.2) is 54.6 Å². The molecule has 1 unspecified atom stereocenters. The number of anilines is 1. The molecular formula is C31H37N5O3S. The molecule has 2 heterocycles. The number of benzene rings is 3. The van der Waals surface area contributed by atoms with E-state index in [-0.39, 0.29) is 17.0 Å². The van der Waals surface area contributed by atoms with E-state index in [2.05, 4.69) is 27.5 Å². The second-order valence-corrected chi connectivity index (χ2v) is 12.1. The largest absolute Gasteiger partial charge is 0.342 e. The Balaban J connectivity index is 1.40. The van der Waals surface area contributed by atoms with E-state index < -0.39 is 10.0 Å². The molecular weight excluding hydrogens is 522 g/mol. The quantitative estimate of drug-likeness (QED) is 0.404. The van der Waals surface area contributed by atoms with Gasteiger partial charge in [-0.05, 0) is 69.0 Å². The number of nitrogens with zero attached hydrogens (tertiary/aromatic N) is 4. The van der Waals surface area contributed by atoms with Crippen LogP contribution in [0.2, 0.25) is 0 Å². The second-order valence-electron chi connectivity index (χ2n) is 10.4. The summed E-state index contributed by atoms with van der Waals surface area (Å²) in [4.78, 5) is 24.9. The zero-order valence-electron chi connectivity index (χ0n) is 23.4. The number of para-hydroxylation sites is 1. The van der Waals surface area contributed by atoms with Gasteiger partial charge in [-0.25, -0.2) is 13.4 Å². The van der Waals surface area contributed by atoms with Gasteiger partial charge in [-0.1, -0.05) is 48.0 Å². The third kappa shape index (κ3) is 5.84. The summed E-state index contributed by atoms with van der Waals surface area (Å²) < 4.78 is 28.3. The number of hydrogen-bond donors (Lipinski definition) is 1. The minimum Gasteiger partial charge on any atom is -0.342 e. The number of rotatable bonds is 7. The number of fused-ring (bicyclic) bond motifs is 1. The molecule has 0 aromatic heterocycles. The minimum absolute atomic E-state index is 0.0395. The van der Waals surface area contributed by atoms with Crippen LogP contribution in [0.15, 0.2) is 82.7 Å². The van der Waals surface area contributed by atoms with Gasteiger partial charge in [0.2, 0.25) is 11.9 Å². The minimum atomic E-state index is -3.70. The summed E-state index contributed by atoms with van der Waals surface area (Å²) in [7, 11) is -3.70. The number of guanidine groups is 1. The van der Waals surface area contributed by atoms with Crippen LogP contribution in [0.25, 0.3) is 0 Å². The SMILES string of the molecule is CCN1C(N2CCCCC2)=Nc2ccccc2C1N(Cc1ccc(NS(=O)(=O)c2ccc(C)cc2)cc1)C(C)=O. The van der Waals surface area contributed by atoms with Crippen LogP contribution in [0.5, 0.6) is 0 Å². The zero-order valence-corrected chi connectivity index (χ0v) is 24.2. The average Bonchev–Trinajstić information content (AvgIpc) is 2.96. The highest BCUT2D eigenvalue weighted by Gasteiger charge is 2.37. The van der Waals surface area contributed by atoms with Crippen LogP contribution in [0.4, 0.5) is 11.4 Å². The van der Waals surface area contributed by atoms with E-state index in [9.17, 15) is 13.2 Å². The third-order valence-electron chi connectivity index (χ3n) is 7.56. The molecule has 0 aliphatic carbocycles. The molecule has 1 N–H and O–H groups in total. The molecule has 2 aliphatic heterocycles. The number of amides is 1. The Hall–Kier alpha value is -3.85. The number of likely N-dealkylation sites (tertiary alicyclic amines) is 1. The van der Waals surface area contributed by atoms with E-state index in [1.165, 1.54) is 6.42 Å². The molecule has 9 heteroatoms. The van der Waals surface area contributed by atoms with Gasteiger partial charge in [0.15, 0.2) is 0 Å². The van der Waals surface area contributed by atoms with E-state index >= 15 is 0 Å². The predicted molar refractivity (Wildman–Crippen MR) is 159 cm³/mol. The Morgan fingerprint density at radius 1 is 0.975 bits per heavy atom. The lowest BCUT2D eigenvalue weighted by Crippen LogP contribution is -2.54. The highest BCUT2D eigenvalue weighted by molar-refractivity contribution is 7.92. The van der Waals surface area contributed by atoms with Crippen molar-refractivity contribution >= 4 is 33.3 Å². The fourth-order valence-corrected chi connectivity index (χ4v) is 6.49. The Kier molecular flexibility index (Phi) is 8.12. The third-order valence-corrected chi connectivity index (χ3v) is 8.95. The summed E-state index contributed by atoms with van der Waals surface area (Å²) in [6.45, 7) is 8.63. The maximum Gasteiger partial charge on any atom is 0.261 e. The highest BCUT2D eigenvalue weighted by Crippen LogP contribution is 2.39. The number of carbonyl (C=O) groups excluding carboxylic acids is 1. The Morgan fingerprint density at radius 3 is 2.30 bits per heavy atom.